The number of hydrogen-bond acceptors (Lipinski definition) is 3. The van der Waals surface area contributed by atoms with E-state index in [1.54, 1.807) is 24.3 Å². The summed E-state index contributed by atoms with van der Waals surface area (Å²) in [7, 11) is -3.12. The normalized spacial score (nSPS) is 15.9. The van der Waals surface area contributed by atoms with Gasteiger partial charge in [-0.3, -0.25) is 0 Å². The molecule has 0 saturated carbocycles. The second-order valence-electron chi connectivity index (χ2n) is 5.66. The minimum Gasteiger partial charge on any atom is -0.322 e. The Morgan fingerprint density at radius 3 is 2.57 bits per heavy atom. The van der Waals surface area contributed by atoms with E-state index in [1.807, 2.05) is 13.8 Å². The summed E-state index contributed by atoms with van der Waals surface area (Å²) < 4.78 is 24.0. The van der Waals surface area contributed by atoms with Crippen LogP contribution in [0.5, 0.6) is 0 Å². The van der Waals surface area contributed by atoms with Gasteiger partial charge in [-0.1, -0.05) is 37.6 Å². The number of likely N-dealkylation sites (tertiary alicyclic amines) is 1. The number of hydrogen-bond donors (Lipinski definition) is 1. The molecule has 0 aromatic heterocycles. The fourth-order valence-electron chi connectivity index (χ4n) is 2.19. The van der Waals surface area contributed by atoms with Crippen LogP contribution in [-0.4, -0.2) is 43.4 Å². The summed E-state index contributed by atoms with van der Waals surface area (Å²) in [6, 6.07) is 6.61. The maximum Gasteiger partial charge on any atom is 0.321 e. The largest absolute Gasteiger partial charge is 0.322 e. The number of nitrogens with zero attached hydrogens (tertiary/aromatic N) is 1. The topological polar surface area (TPSA) is 66.5 Å². The number of sulfone groups is 1. The first-order chi connectivity index (χ1) is 9.79. The van der Waals surface area contributed by atoms with Crippen LogP contribution < -0.4 is 5.32 Å². The molecule has 0 radical (unpaired) electrons. The maximum absolute atomic E-state index is 12.0. The van der Waals surface area contributed by atoms with Gasteiger partial charge in [0.15, 0.2) is 9.84 Å². The van der Waals surface area contributed by atoms with E-state index >= 15 is 0 Å². The van der Waals surface area contributed by atoms with Crippen LogP contribution in [0.3, 0.4) is 0 Å². The van der Waals surface area contributed by atoms with Crippen LogP contribution in [0.2, 0.25) is 5.02 Å². The molecule has 1 saturated heterocycles. The Labute approximate surface area is 130 Å². The molecule has 1 aromatic carbocycles. The quantitative estimate of drug-likeness (QED) is 0.922. The van der Waals surface area contributed by atoms with Crippen molar-refractivity contribution in [2.45, 2.75) is 19.1 Å². The summed E-state index contributed by atoms with van der Waals surface area (Å²) in [5.41, 5.74) is 0.526. The lowest BCUT2D eigenvalue weighted by Gasteiger charge is -2.38. The molecule has 0 bridgehead atoms. The Morgan fingerprint density at radius 1 is 1.38 bits per heavy atom. The molecule has 1 fully saturated rings. The summed E-state index contributed by atoms with van der Waals surface area (Å²) in [6.45, 7) is 4.23. The van der Waals surface area contributed by atoms with Gasteiger partial charge in [0.25, 0.3) is 0 Å². The SMILES string of the molecule is CC(C)CS(=O)(=O)C1CN(C(=O)Nc2ccccc2Cl)C1. The summed E-state index contributed by atoms with van der Waals surface area (Å²) in [5, 5.41) is 2.69. The Morgan fingerprint density at radius 2 is 2.00 bits per heavy atom. The molecule has 0 unspecified atom stereocenters. The van der Waals surface area contributed by atoms with Gasteiger partial charge in [-0.2, -0.15) is 0 Å². The zero-order valence-corrected chi connectivity index (χ0v) is 13.6. The van der Waals surface area contributed by atoms with Crippen LogP contribution in [0.1, 0.15) is 13.8 Å². The number of halogens is 1. The van der Waals surface area contributed by atoms with Crippen molar-refractivity contribution in [3.8, 4) is 0 Å². The predicted octanol–water partition coefficient (Wildman–Crippen LogP) is 2.63. The second-order valence-corrected chi connectivity index (χ2v) is 8.39. The first kappa shape index (κ1) is 16.1. The van der Waals surface area contributed by atoms with Gasteiger partial charge in [0, 0.05) is 13.1 Å². The van der Waals surface area contributed by atoms with Gasteiger partial charge in [-0.25, -0.2) is 13.2 Å². The van der Waals surface area contributed by atoms with E-state index in [0.29, 0.717) is 10.7 Å². The Balaban J connectivity index is 1.90. The average Bonchev–Trinajstić information content (AvgIpc) is 2.27. The zero-order valence-electron chi connectivity index (χ0n) is 12.0. The number of rotatable bonds is 4. The van der Waals surface area contributed by atoms with Gasteiger partial charge in [-0.05, 0) is 18.1 Å². The number of carbonyl (C=O) groups is 1. The third-order valence-electron chi connectivity index (χ3n) is 3.32. The molecule has 0 atom stereocenters. The average molecular weight is 331 g/mol. The van der Waals surface area contributed by atoms with Crippen LogP contribution in [0.4, 0.5) is 10.5 Å². The summed E-state index contributed by atoms with van der Waals surface area (Å²) >= 11 is 5.96. The Bertz CT molecular complexity index is 625. The highest BCUT2D eigenvalue weighted by molar-refractivity contribution is 7.92. The van der Waals surface area contributed by atoms with Crippen LogP contribution >= 0.6 is 11.6 Å². The van der Waals surface area contributed by atoms with Crippen molar-refractivity contribution in [2.75, 3.05) is 24.2 Å². The monoisotopic (exact) mass is 330 g/mol. The van der Waals surface area contributed by atoms with Crippen molar-refractivity contribution in [2.24, 2.45) is 5.92 Å². The van der Waals surface area contributed by atoms with E-state index in [0.717, 1.165) is 0 Å². The molecule has 7 heteroatoms. The van der Waals surface area contributed by atoms with E-state index < -0.39 is 15.1 Å². The molecule has 5 nitrogen and oxygen atoms in total. The minimum atomic E-state index is -3.12. The van der Waals surface area contributed by atoms with Gasteiger partial charge >= 0.3 is 6.03 Å². The highest BCUT2D eigenvalue weighted by Gasteiger charge is 2.39. The molecule has 1 aliphatic heterocycles. The molecular formula is C14H19ClN2O3S. The molecule has 116 valence electrons. The van der Waals surface area contributed by atoms with Gasteiger partial charge in [0.05, 0.1) is 21.7 Å². The number of urea groups is 1. The zero-order chi connectivity index (χ0) is 15.6. The maximum atomic E-state index is 12.0. The first-order valence-electron chi connectivity index (χ1n) is 6.81. The van der Waals surface area contributed by atoms with E-state index in [-0.39, 0.29) is 30.8 Å². The minimum absolute atomic E-state index is 0.0981. The van der Waals surface area contributed by atoms with E-state index in [1.165, 1.54) is 4.90 Å². The molecule has 2 rings (SSSR count). The smallest absolute Gasteiger partial charge is 0.321 e. The lowest BCUT2D eigenvalue weighted by Crippen LogP contribution is -2.58. The fourth-order valence-corrected chi connectivity index (χ4v) is 4.39. The van der Waals surface area contributed by atoms with Crippen molar-refractivity contribution in [3.05, 3.63) is 29.3 Å². The summed E-state index contributed by atoms with van der Waals surface area (Å²) in [6.07, 6.45) is 0. The highest BCUT2D eigenvalue weighted by atomic mass is 35.5. The molecule has 1 N–H and O–H groups in total. The number of para-hydroxylation sites is 1. The fraction of sp³-hybridized carbons (Fsp3) is 0.500. The molecule has 1 heterocycles. The van der Waals surface area contributed by atoms with Gasteiger partial charge in [0.1, 0.15) is 0 Å². The Kier molecular flexibility index (Phi) is 4.78. The predicted molar refractivity (Wildman–Crippen MR) is 84.5 cm³/mol. The molecule has 2 amide bonds. The number of amides is 2. The van der Waals surface area contributed by atoms with E-state index in [9.17, 15) is 13.2 Å². The molecular weight excluding hydrogens is 312 g/mol. The number of nitrogens with one attached hydrogen (secondary N) is 1. The van der Waals surface area contributed by atoms with E-state index in [4.69, 9.17) is 11.6 Å². The van der Waals surface area contributed by atoms with Crippen molar-refractivity contribution in [1.82, 2.24) is 4.90 Å². The molecule has 0 aliphatic carbocycles. The second kappa shape index (κ2) is 6.23. The van der Waals surface area contributed by atoms with Crippen LogP contribution in [0.25, 0.3) is 0 Å². The lowest BCUT2D eigenvalue weighted by atomic mass is 10.2. The lowest BCUT2D eigenvalue weighted by molar-refractivity contribution is 0.182. The molecule has 21 heavy (non-hydrogen) atoms. The number of benzene rings is 1. The number of anilines is 1. The number of carbonyl (C=O) groups excluding carboxylic acids is 1. The van der Waals surface area contributed by atoms with E-state index in [2.05, 4.69) is 5.32 Å². The third-order valence-corrected chi connectivity index (χ3v) is 6.10. The van der Waals surface area contributed by atoms with Gasteiger partial charge in [0.2, 0.25) is 0 Å². The molecule has 1 aromatic rings. The van der Waals surface area contributed by atoms with Gasteiger partial charge < -0.3 is 10.2 Å². The van der Waals surface area contributed by atoms with Crippen LogP contribution in [0.15, 0.2) is 24.3 Å². The Hall–Kier alpha value is -1.27. The third kappa shape index (κ3) is 3.89. The molecule has 0 spiro atoms. The summed E-state index contributed by atoms with van der Waals surface area (Å²) in [5.74, 6) is 0.262. The summed E-state index contributed by atoms with van der Waals surface area (Å²) in [4.78, 5) is 13.5. The highest BCUT2D eigenvalue weighted by Crippen LogP contribution is 2.23. The van der Waals surface area contributed by atoms with Crippen LogP contribution in [0, 0.1) is 5.92 Å². The first-order valence-corrected chi connectivity index (χ1v) is 8.91. The van der Waals surface area contributed by atoms with Crippen molar-refractivity contribution >= 4 is 33.2 Å². The van der Waals surface area contributed by atoms with Crippen LogP contribution in [-0.2, 0) is 9.84 Å². The molecule has 1 aliphatic rings. The van der Waals surface area contributed by atoms with Gasteiger partial charge in [-0.15, -0.1) is 0 Å². The van der Waals surface area contributed by atoms with Crippen molar-refractivity contribution in [3.63, 3.8) is 0 Å². The van der Waals surface area contributed by atoms with Crippen molar-refractivity contribution in [1.29, 1.82) is 0 Å². The standard InChI is InChI=1S/C14H19ClN2O3S/c1-10(2)9-21(19,20)11-7-17(8-11)14(18)16-13-6-4-3-5-12(13)15/h3-6,10-11H,7-9H2,1-2H3,(H,16,18). The van der Waals surface area contributed by atoms with Crippen molar-refractivity contribution < 1.29 is 13.2 Å².